The molecule has 0 spiro atoms. The van der Waals surface area contributed by atoms with Crippen molar-refractivity contribution in [3.8, 4) is 0 Å². The number of hydrogen-bond donors (Lipinski definition) is 0. The van der Waals surface area contributed by atoms with E-state index in [4.69, 9.17) is 4.74 Å². The summed E-state index contributed by atoms with van der Waals surface area (Å²) in [5.74, 6) is 1.54. The first kappa shape index (κ1) is 13.4. The first-order chi connectivity index (χ1) is 7.69. The molecule has 0 aromatic rings. The number of ether oxygens (including phenoxy) is 1. The lowest BCUT2D eigenvalue weighted by molar-refractivity contribution is -0.135. The van der Waals surface area contributed by atoms with Gasteiger partial charge in [0.05, 0.1) is 11.9 Å². The molecule has 0 radical (unpaired) electrons. The molecule has 1 saturated carbocycles. The van der Waals surface area contributed by atoms with Crippen molar-refractivity contribution in [1.29, 1.82) is 0 Å². The molecule has 0 aromatic heterocycles. The van der Waals surface area contributed by atoms with E-state index in [9.17, 15) is 4.79 Å². The number of oxime groups is 1. The van der Waals surface area contributed by atoms with Gasteiger partial charge in [0.2, 0.25) is 0 Å². The third-order valence-corrected chi connectivity index (χ3v) is 3.73. The lowest BCUT2D eigenvalue weighted by Crippen LogP contribution is -2.27. The van der Waals surface area contributed by atoms with Crippen molar-refractivity contribution in [1.82, 2.24) is 0 Å². The Morgan fingerprint density at radius 3 is 2.75 bits per heavy atom. The number of nitrogens with zero attached hydrogens (tertiary/aromatic N) is 1. The average molecular weight is 245 g/mol. The molecule has 0 aliphatic heterocycles. The maximum Gasteiger partial charge on any atom is 0.357 e. The number of hydrogen-bond acceptors (Lipinski definition) is 5. The van der Waals surface area contributed by atoms with E-state index < -0.39 is 0 Å². The Morgan fingerprint density at radius 1 is 1.56 bits per heavy atom. The van der Waals surface area contributed by atoms with Gasteiger partial charge in [0.1, 0.15) is 7.11 Å². The monoisotopic (exact) mass is 245 g/mol. The predicted octanol–water partition coefficient (Wildman–Crippen LogP) is 2.08. The molecule has 0 bridgehead atoms. The van der Waals surface area contributed by atoms with E-state index >= 15 is 0 Å². The molecule has 1 unspecified atom stereocenters. The van der Waals surface area contributed by atoms with E-state index in [1.54, 1.807) is 18.7 Å². The fourth-order valence-electron chi connectivity index (χ4n) is 1.22. The highest BCUT2D eigenvalue weighted by molar-refractivity contribution is 8.00. The van der Waals surface area contributed by atoms with E-state index in [1.807, 2.05) is 6.92 Å². The molecule has 0 aromatic carbocycles. The van der Waals surface area contributed by atoms with Crippen LogP contribution in [0.1, 0.15) is 26.7 Å². The maximum absolute atomic E-state index is 11.6. The fraction of sp³-hybridized carbons (Fsp3) is 0.818. The SMILES string of the molecule is CCOC(=O)C(=NOC)C(C)SCC1CC1. The third kappa shape index (κ3) is 4.43. The molecule has 1 fully saturated rings. The second kappa shape index (κ2) is 6.78. The first-order valence-electron chi connectivity index (χ1n) is 5.58. The molecule has 0 amide bonds. The second-order valence-electron chi connectivity index (χ2n) is 3.80. The molecular formula is C11H19NO3S. The van der Waals surface area contributed by atoms with Crippen molar-refractivity contribution in [2.45, 2.75) is 31.9 Å². The number of esters is 1. The molecule has 0 N–H and O–H groups in total. The van der Waals surface area contributed by atoms with Gasteiger partial charge >= 0.3 is 5.97 Å². The van der Waals surface area contributed by atoms with Crippen molar-refractivity contribution in [2.24, 2.45) is 11.1 Å². The number of thioether (sulfide) groups is 1. The molecule has 1 aliphatic rings. The highest BCUT2D eigenvalue weighted by Gasteiger charge is 2.26. The summed E-state index contributed by atoms with van der Waals surface area (Å²) in [5, 5.41) is 3.79. The van der Waals surface area contributed by atoms with Gasteiger partial charge in [0.25, 0.3) is 0 Å². The molecule has 92 valence electrons. The minimum atomic E-state index is -0.375. The molecule has 4 nitrogen and oxygen atoms in total. The molecule has 5 heteroatoms. The normalized spacial score (nSPS) is 18.1. The van der Waals surface area contributed by atoms with Gasteiger partial charge in [-0.3, -0.25) is 0 Å². The molecule has 1 rings (SSSR count). The van der Waals surface area contributed by atoms with Crippen molar-refractivity contribution in [3.63, 3.8) is 0 Å². The highest BCUT2D eigenvalue weighted by Crippen LogP contribution is 2.33. The van der Waals surface area contributed by atoms with Crippen molar-refractivity contribution >= 4 is 23.4 Å². The summed E-state index contributed by atoms with van der Waals surface area (Å²) in [7, 11) is 1.44. The van der Waals surface area contributed by atoms with Gasteiger partial charge in [0.15, 0.2) is 5.71 Å². The van der Waals surface area contributed by atoms with Crippen molar-refractivity contribution in [3.05, 3.63) is 0 Å². The van der Waals surface area contributed by atoms with Gasteiger partial charge in [-0.05, 0) is 38.4 Å². The third-order valence-electron chi connectivity index (χ3n) is 2.34. The van der Waals surface area contributed by atoms with Gasteiger partial charge in [-0.15, -0.1) is 0 Å². The summed E-state index contributed by atoms with van der Waals surface area (Å²) in [6.45, 7) is 4.10. The van der Waals surface area contributed by atoms with Crippen LogP contribution in [0.25, 0.3) is 0 Å². The molecule has 16 heavy (non-hydrogen) atoms. The summed E-state index contributed by atoms with van der Waals surface area (Å²) in [4.78, 5) is 16.3. The molecular weight excluding hydrogens is 226 g/mol. The zero-order valence-corrected chi connectivity index (χ0v) is 10.9. The Bertz CT molecular complexity index is 264. The quantitative estimate of drug-likeness (QED) is 0.391. The van der Waals surface area contributed by atoms with Gasteiger partial charge in [-0.2, -0.15) is 11.8 Å². The largest absolute Gasteiger partial charge is 0.461 e. The highest BCUT2D eigenvalue weighted by atomic mass is 32.2. The van der Waals surface area contributed by atoms with Crippen molar-refractivity contribution < 1.29 is 14.4 Å². The molecule has 0 heterocycles. The van der Waals surface area contributed by atoms with E-state index in [-0.39, 0.29) is 11.2 Å². The minimum absolute atomic E-state index is 0.0274. The maximum atomic E-state index is 11.6. The van der Waals surface area contributed by atoms with Crippen LogP contribution in [0.5, 0.6) is 0 Å². The van der Waals surface area contributed by atoms with Crippen LogP contribution >= 0.6 is 11.8 Å². The smallest absolute Gasteiger partial charge is 0.357 e. The van der Waals surface area contributed by atoms with Gasteiger partial charge in [-0.1, -0.05) is 5.16 Å². The van der Waals surface area contributed by atoms with Crippen LogP contribution in [0, 0.1) is 5.92 Å². The summed E-state index contributed by atoms with van der Waals surface area (Å²) < 4.78 is 4.94. The van der Waals surface area contributed by atoms with Crippen LogP contribution in [0.2, 0.25) is 0 Å². The lowest BCUT2D eigenvalue weighted by atomic mass is 10.3. The fourth-order valence-corrected chi connectivity index (χ4v) is 2.42. The van der Waals surface area contributed by atoms with Gasteiger partial charge < -0.3 is 9.57 Å². The summed E-state index contributed by atoms with van der Waals surface area (Å²) in [5.41, 5.74) is 0.370. The molecule has 0 saturated heterocycles. The van der Waals surface area contributed by atoms with Crippen LogP contribution in [-0.4, -0.2) is 36.4 Å². The van der Waals surface area contributed by atoms with Crippen LogP contribution in [0.15, 0.2) is 5.16 Å². The van der Waals surface area contributed by atoms with Gasteiger partial charge in [0, 0.05) is 0 Å². The zero-order valence-electron chi connectivity index (χ0n) is 10.1. The Labute approximate surface area is 101 Å². The topological polar surface area (TPSA) is 47.9 Å². The predicted molar refractivity (Wildman–Crippen MR) is 65.7 cm³/mol. The van der Waals surface area contributed by atoms with E-state index in [0.29, 0.717) is 12.3 Å². The molecule has 1 atom stereocenters. The summed E-state index contributed by atoms with van der Waals surface area (Å²) >= 11 is 1.74. The van der Waals surface area contributed by atoms with E-state index in [1.165, 1.54) is 20.0 Å². The number of carbonyl (C=O) groups excluding carboxylic acids is 1. The number of carbonyl (C=O) groups is 1. The summed E-state index contributed by atoms with van der Waals surface area (Å²) in [6, 6.07) is 0. The van der Waals surface area contributed by atoms with E-state index in [2.05, 4.69) is 9.99 Å². The van der Waals surface area contributed by atoms with Gasteiger partial charge in [-0.25, -0.2) is 4.79 Å². The van der Waals surface area contributed by atoms with Crippen LogP contribution in [-0.2, 0) is 14.4 Å². The Morgan fingerprint density at radius 2 is 2.25 bits per heavy atom. The van der Waals surface area contributed by atoms with Crippen LogP contribution in [0.4, 0.5) is 0 Å². The Kier molecular flexibility index (Phi) is 5.66. The van der Waals surface area contributed by atoms with Crippen LogP contribution < -0.4 is 0 Å². The lowest BCUT2D eigenvalue weighted by Gasteiger charge is -2.12. The summed E-state index contributed by atoms with van der Waals surface area (Å²) in [6.07, 6.45) is 2.63. The van der Waals surface area contributed by atoms with Crippen LogP contribution in [0.3, 0.4) is 0 Å². The average Bonchev–Trinajstić information content (AvgIpc) is 3.06. The number of rotatable bonds is 7. The minimum Gasteiger partial charge on any atom is -0.461 e. The van der Waals surface area contributed by atoms with Crippen molar-refractivity contribution in [2.75, 3.05) is 19.5 Å². The second-order valence-corrected chi connectivity index (χ2v) is 5.17. The standard InChI is InChI=1S/C11H19NO3S/c1-4-15-11(13)10(12-14-3)8(2)16-7-9-5-6-9/h8-9H,4-7H2,1-3H3. The van der Waals surface area contributed by atoms with E-state index in [0.717, 1.165) is 11.7 Å². The Balaban J connectivity index is 2.46. The molecule has 1 aliphatic carbocycles. The first-order valence-corrected chi connectivity index (χ1v) is 6.63. The Hall–Kier alpha value is -0.710. The zero-order chi connectivity index (χ0) is 12.0.